The van der Waals surface area contributed by atoms with Crippen molar-refractivity contribution in [1.29, 1.82) is 5.41 Å². The highest BCUT2D eigenvalue weighted by molar-refractivity contribution is 8.93. The molecule has 1 heterocycles. The molecule has 5 nitrogen and oxygen atoms in total. The number of amidine groups is 1. The number of ether oxygens (including phenoxy) is 1. The van der Waals surface area contributed by atoms with Gasteiger partial charge in [0.05, 0.1) is 13.2 Å². The third kappa shape index (κ3) is 5.17. The molecule has 0 radical (unpaired) electrons. The van der Waals surface area contributed by atoms with Gasteiger partial charge in [0.1, 0.15) is 17.3 Å². The Morgan fingerprint density at radius 3 is 2.12 bits per heavy atom. The van der Waals surface area contributed by atoms with Crippen LogP contribution in [0.4, 0.5) is 0 Å². The Bertz CT molecular complexity index is 997. The van der Waals surface area contributed by atoms with Crippen LogP contribution < -0.4 is 4.74 Å². The maximum absolute atomic E-state index is 13.3. The summed E-state index contributed by atoms with van der Waals surface area (Å²) in [7, 11) is 0. The van der Waals surface area contributed by atoms with Gasteiger partial charge < -0.3 is 14.7 Å². The minimum Gasteiger partial charge on any atom is -0.507 e. The molecule has 0 bridgehead atoms. The number of aromatic hydroxyl groups is 1. The standard InChI is InChI=1S/C26H34N2O3.BrH/c1-8-31-18-10-9-16-14-28(24(27)19(16)13-18)15-22(29)17-11-20(25(2,3)4)23(30)21(12-17)26(5,6)7;/h9-13,27,30H,8,14-15H2,1-7H3;1H. The Hall–Kier alpha value is -2.34. The maximum atomic E-state index is 13.3. The van der Waals surface area contributed by atoms with Crippen molar-refractivity contribution in [2.24, 2.45) is 0 Å². The summed E-state index contributed by atoms with van der Waals surface area (Å²) < 4.78 is 5.56. The fraction of sp³-hybridized carbons (Fsp3) is 0.462. The molecule has 2 N–H and O–H groups in total. The summed E-state index contributed by atoms with van der Waals surface area (Å²) >= 11 is 0. The fourth-order valence-corrected chi connectivity index (χ4v) is 3.96. The van der Waals surface area contributed by atoms with Crippen LogP contribution in [0.5, 0.6) is 11.5 Å². The molecule has 0 aromatic heterocycles. The third-order valence-electron chi connectivity index (χ3n) is 5.71. The minimum absolute atomic E-state index is 0. The van der Waals surface area contributed by atoms with Crippen LogP contribution in [0.15, 0.2) is 30.3 Å². The van der Waals surface area contributed by atoms with Crippen LogP contribution in [-0.2, 0) is 17.4 Å². The first-order valence-corrected chi connectivity index (χ1v) is 10.8. The van der Waals surface area contributed by atoms with Crippen LogP contribution in [0.2, 0.25) is 0 Å². The number of phenolic OH excluding ortho intramolecular Hbond substituents is 1. The number of carbonyl (C=O) groups excluding carboxylic acids is 1. The van der Waals surface area contributed by atoms with E-state index in [2.05, 4.69) is 0 Å². The highest BCUT2D eigenvalue weighted by Crippen LogP contribution is 2.40. The van der Waals surface area contributed by atoms with Crippen LogP contribution in [0.25, 0.3) is 0 Å². The Morgan fingerprint density at radius 1 is 1.06 bits per heavy atom. The Balaban J connectivity index is 0.00000363. The second-order valence-electron chi connectivity index (χ2n) is 10.3. The molecule has 2 aromatic rings. The number of nitrogens with zero attached hydrogens (tertiary/aromatic N) is 1. The third-order valence-corrected chi connectivity index (χ3v) is 5.71. The van der Waals surface area contributed by atoms with Crippen LogP contribution in [0, 0.1) is 5.41 Å². The van der Waals surface area contributed by atoms with Gasteiger partial charge in [0.25, 0.3) is 0 Å². The van der Waals surface area contributed by atoms with Crippen LogP contribution in [-0.4, -0.2) is 34.8 Å². The molecule has 32 heavy (non-hydrogen) atoms. The summed E-state index contributed by atoms with van der Waals surface area (Å²) in [4.78, 5) is 15.1. The lowest BCUT2D eigenvalue weighted by Crippen LogP contribution is -2.30. The van der Waals surface area contributed by atoms with Crippen molar-refractivity contribution < 1.29 is 14.6 Å². The molecule has 0 saturated heterocycles. The van der Waals surface area contributed by atoms with Crippen molar-refractivity contribution in [1.82, 2.24) is 4.90 Å². The summed E-state index contributed by atoms with van der Waals surface area (Å²) in [6, 6.07) is 9.38. The second-order valence-corrected chi connectivity index (χ2v) is 10.3. The summed E-state index contributed by atoms with van der Waals surface area (Å²) in [5.74, 6) is 1.29. The highest BCUT2D eigenvalue weighted by atomic mass is 79.9. The van der Waals surface area contributed by atoms with Crippen molar-refractivity contribution in [3.8, 4) is 11.5 Å². The maximum Gasteiger partial charge on any atom is 0.182 e. The number of fused-ring (bicyclic) bond motifs is 1. The molecule has 0 atom stereocenters. The predicted molar refractivity (Wildman–Crippen MR) is 135 cm³/mol. The van der Waals surface area contributed by atoms with Gasteiger partial charge >= 0.3 is 0 Å². The summed E-state index contributed by atoms with van der Waals surface area (Å²) in [5, 5.41) is 19.5. The van der Waals surface area contributed by atoms with Crippen molar-refractivity contribution in [3.63, 3.8) is 0 Å². The first kappa shape index (κ1) is 25.9. The molecule has 0 fully saturated rings. The van der Waals surface area contributed by atoms with Gasteiger partial charge in [-0.2, -0.15) is 0 Å². The molecule has 0 spiro atoms. The predicted octanol–water partition coefficient (Wildman–Crippen LogP) is 5.99. The zero-order chi connectivity index (χ0) is 23.1. The summed E-state index contributed by atoms with van der Waals surface area (Å²) in [6.07, 6.45) is 0. The number of Topliss-reactive ketones (excluding diaryl/α,β-unsaturated/α-hetero) is 1. The number of benzene rings is 2. The van der Waals surface area contributed by atoms with E-state index in [4.69, 9.17) is 10.1 Å². The van der Waals surface area contributed by atoms with Gasteiger partial charge in [-0.25, -0.2) is 0 Å². The van der Waals surface area contributed by atoms with E-state index < -0.39 is 0 Å². The topological polar surface area (TPSA) is 73.6 Å². The lowest BCUT2D eigenvalue weighted by atomic mass is 9.78. The highest BCUT2D eigenvalue weighted by Gasteiger charge is 2.30. The second kappa shape index (κ2) is 9.26. The van der Waals surface area contributed by atoms with Crippen LogP contribution in [0.3, 0.4) is 0 Å². The molecular formula is C26H35BrN2O3. The molecule has 0 unspecified atom stereocenters. The molecule has 1 aliphatic heterocycles. The van der Waals surface area contributed by atoms with E-state index in [1.807, 2.05) is 78.8 Å². The molecule has 1 aliphatic rings. The molecule has 0 amide bonds. The van der Waals surface area contributed by atoms with Crippen molar-refractivity contribution in [3.05, 3.63) is 58.1 Å². The minimum atomic E-state index is -0.299. The number of hydrogen-bond donors (Lipinski definition) is 2. The van der Waals surface area contributed by atoms with Gasteiger partial charge in [0, 0.05) is 28.8 Å². The molecular weight excluding hydrogens is 468 g/mol. The molecule has 2 aromatic carbocycles. The largest absolute Gasteiger partial charge is 0.507 e. The quantitative estimate of drug-likeness (QED) is 0.492. The molecule has 174 valence electrons. The SMILES string of the molecule is Br.CCOc1ccc2c(c1)C(=N)N(CC(=O)c1cc(C(C)(C)C)c(O)c(C(C)(C)C)c1)C2. The molecule has 3 rings (SSSR count). The van der Waals surface area contributed by atoms with E-state index in [1.165, 1.54) is 0 Å². The monoisotopic (exact) mass is 502 g/mol. The first-order valence-electron chi connectivity index (χ1n) is 10.8. The number of hydrogen-bond acceptors (Lipinski definition) is 4. The Labute approximate surface area is 202 Å². The van der Waals surface area contributed by atoms with Gasteiger partial charge in [-0.1, -0.05) is 47.6 Å². The number of rotatable bonds is 5. The van der Waals surface area contributed by atoms with Crippen LogP contribution in [0.1, 0.15) is 81.1 Å². The Kier molecular flexibility index (Phi) is 7.50. The summed E-state index contributed by atoms with van der Waals surface area (Å²) in [5.41, 5.74) is 3.35. The fourth-order valence-electron chi connectivity index (χ4n) is 3.96. The van der Waals surface area contributed by atoms with E-state index in [0.717, 1.165) is 28.0 Å². The number of nitrogens with one attached hydrogen (secondary N) is 1. The van der Waals surface area contributed by atoms with E-state index in [0.29, 0.717) is 24.6 Å². The lowest BCUT2D eigenvalue weighted by molar-refractivity contribution is 0.0962. The number of halogens is 1. The first-order chi connectivity index (χ1) is 14.3. The average Bonchev–Trinajstić information content (AvgIpc) is 2.95. The average molecular weight is 503 g/mol. The number of carbonyl (C=O) groups is 1. The number of ketones is 1. The van der Waals surface area contributed by atoms with Gasteiger partial charge in [-0.3, -0.25) is 10.2 Å². The van der Waals surface area contributed by atoms with E-state index in [9.17, 15) is 9.90 Å². The lowest BCUT2D eigenvalue weighted by Gasteiger charge is -2.28. The van der Waals surface area contributed by atoms with E-state index >= 15 is 0 Å². The van der Waals surface area contributed by atoms with Crippen LogP contribution >= 0.6 is 17.0 Å². The normalized spacial score (nSPS) is 13.6. The Morgan fingerprint density at radius 2 is 1.62 bits per heavy atom. The van der Waals surface area contributed by atoms with Gasteiger partial charge in [0.15, 0.2) is 5.78 Å². The van der Waals surface area contributed by atoms with E-state index in [1.54, 1.807) is 4.90 Å². The summed E-state index contributed by atoms with van der Waals surface area (Å²) in [6.45, 7) is 15.4. The van der Waals surface area contributed by atoms with Gasteiger partial charge in [-0.05, 0) is 47.6 Å². The van der Waals surface area contributed by atoms with Gasteiger partial charge in [0.2, 0.25) is 0 Å². The van der Waals surface area contributed by atoms with Gasteiger partial charge in [-0.15, -0.1) is 17.0 Å². The van der Waals surface area contributed by atoms with Crippen molar-refractivity contribution in [2.75, 3.05) is 13.2 Å². The number of phenols is 1. The zero-order valence-electron chi connectivity index (χ0n) is 20.1. The smallest absolute Gasteiger partial charge is 0.182 e. The molecule has 0 saturated carbocycles. The van der Waals surface area contributed by atoms with Crippen molar-refractivity contribution in [2.45, 2.75) is 65.8 Å². The molecule has 0 aliphatic carbocycles. The van der Waals surface area contributed by atoms with Crippen molar-refractivity contribution >= 4 is 28.6 Å². The van der Waals surface area contributed by atoms with E-state index in [-0.39, 0.29) is 45.9 Å². The zero-order valence-corrected chi connectivity index (χ0v) is 21.8. The molecule has 6 heteroatoms.